The van der Waals surface area contributed by atoms with Crippen LogP contribution in [0, 0.1) is 0 Å². The Morgan fingerprint density at radius 1 is 0.964 bits per heavy atom. The van der Waals surface area contributed by atoms with Crippen LogP contribution >= 0.6 is 15.9 Å². The van der Waals surface area contributed by atoms with E-state index in [1.54, 1.807) is 42.5 Å². The Kier molecular flexibility index (Phi) is 5.89. The van der Waals surface area contributed by atoms with Gasteiger partial charge in [0.05, 0.1) is 22.5 Å². The molecule has 0 unspecified atom stereocenters. The number of carbonyl (C=O) groups excluding carboxylic acids is 4. The summed E-state index contributed by atoms with van der Waals surface area (Å²) in [6.45, 7) is 1.55. The van der Waals surface area contributed by atoms with Crippen LogP contribution in [0.2, 0.25) is 0 Å². The fourth-order valence-electron chi connectivity index (χ4n) is 2.97. The number of nitrogens with one attached hydrogen (secondary N) is 2. The molecule has 2 aromatic carbocycles. The summed E-state index contributed by atoms with van der Waals surface area (Å²) in [5.41, 5.74) is 1.75. The first kappa shape index (κ1) is 19.8. The van der Waals surface area contributed by atoms with Crippen molar-refractivity contribution in [3.8, 4) is 0 Å². The van der Waals surface area contributed by atoms with Crippen LogP contribution in [0.15, 0.2) is 46.9 Å². The Morgan fingerprint density at radius 2 is 1.61 bits per heavy atom. The van der Waals surface area contributed by atoms with Gasteiger partial charge in [-0.1, -0.05) is 28.1 Å². The van der Waals surface area contributed by atoms with Gasteiger partial charge in [-0.25, -0.2) is 0 Å². The van der Waals surface area contributed by atoms with Crippen LogP contribution in [0.25, 0.3) is 0 Å². The summed E-state index contributed by atoms with van der Waals surface area (Å²) in [5, 5.41) is 5.41. The third-order valence-corrected chi connectivity index (χ3v) is 4.72. The number of imide groups is 1. The highest BCUT2D eigenvalue weighted by atomic mass is 79.9. The molecule has 8 heteroatoms. The average Bonchev–Trinajstić information content (AvgIpc) is 2.89. The minimum atomic E-state index is -0.332. The molecule has 0 atom stereocenters. The molecule has 1 aliphatic rings. The standard InChI is InChI=1S/C20H18BrN3O4/c1-12(25)22-16-9-8-13(21)11-17(16)23-18(26)7-4-10-24-19(27)14-5-2-3-6-15(14)20(24)28/h2-3,5-6,8-9,11H,4,7,10H2,1H3,(H,22,25)(H,23,26). The number of rotatable bonds is 6. The number of anilines is 2. The molecule has 0 aromatic heterocycles. The molecule has 2 aromatic rings. The van der Waals surface area contributed by atoms with Crippen molar-refractivity contribution in [2.45, 2.75) is 19.8 Å². The van der Waals surface area contributed by atoms with E-state index in [4.69, 9.17) is 0 Å². The lowest BCUT2D eigenvalue weighted by Gasteiger charge is -2.14. The molecule has 3 rings (SSSR count). The fourth-order valence-corrected chi connectivity index (χ4v) is 3.33. The van der Waals surface area contributed by atoms with Crippen LogP contribution in [-0.4, -0.2) is 35.1 Å². The summed E-state index contributed by atoms with van der Waals surface area (Å²) in [5.74, 6) is -1.19. The quantitative estimate of drug-likeness (QED) is 0.668. The SMILES string of the molecule is CC(=O)Nc1ccc(Br)cc1NC(=O)CCCN1C(=O)c2ccccc2C1=O. The van der Waals surface area contributed by atoms with Gasteiger partial charge in [0, 0.05) is 24.4 Å². The largest absolute Gasteiger partial charge is 0.325 e. The van der Waals surface area contributed by atoms with Crippen LogP contribution in [0.5, 0.6) is 0 Å². The van der Waals surface area contributed by atoms with Gasteiger partial charge >= 0.3 is 0 Å². The Hall–Kier alpha value is -3.00. The highest BCUT2D eigenvalue weighted by Crippen LogP contribution is 2.27. The first-order valence-electron chi connectivity index (χ1n) is 8.69. The van der Waals surface area contributed by atoms with Crippen LogP contribution in [-0.2, 0) is 9.59 Å². The fraction of sp³-hybridized carbons (Fsp3) is 0.200. The van der Waals surface area contributed by atoms with Gasteiger partial charge in [-0.05, 0) is 36.8 Å². The molecule has 4 amide bonds. The number of hydrogen-bond donors (Lipinski definition) is 2. The van der Waals surface area contributed by atoms with Gasteiger partial charge in [0.15, 0.2) is 0 Å². The number of carbonyl (C=O) groups is 4. The van der Waals surface area contributed by atoms with Gasteiger partial charge < -0.3 is 10.6 Å². The third kappa shape index (κ3) is 4.28. The lowest BCUT2D eigenvalue weighted by Crippen LogP contribution is -2.31. The van der Waals surface area contributed by atoms with Crippen molar-refractivity contribution in [2.75, 3.05) is 17.2 Å². The highest BCUT2D eigenvalue weighted by molar-refractivity contribution is 9.10. The smallest absolute Gasteiger partial charge is 0.261 e. The van der Waals surface area contributed by atoms with Crippen molar-refractivity contribution in [1.82, 2.24) is 4.90 Å². The first-order valence-corrected chi connectivity index (χ1v) is 9.48. The van der Waals surface area contributed by atoms with E-state index in [0.29, 0.717) is 28.9 Å². The van der Waals surface area contributed by atoms with Crippen LogP contribution in [0.3, 0.4) is 0 Å². The molecular weight excluding hydrogens is 426 g/mol. The van der Waals surface area contributed by atoms with Gasteiger partial charge in [0.1, 0.15) is 0 Å². The molecule has 0 bridgehead atoms. The molecule has 0 radical (unpaired) electrons. The van der Waals surface area contributed by atoms with Crippen molar-refractivity contribution in [3.63, 3.8) is 0 Å². The van der Waals surface area contributed by atoms with E-state index in [2.05, 4.69) is 26.6 Å². The molecule has 2 N–H and O–H groups in total. The normalized spacial score (nSPS) is 12.7. The second-order valence-corrected chi connectivity index (χ2v) is 7.25. The minimum Gasteiger partial charge on any atom is -0.325 e. The maximum absolute atomic E-state index is 12.3. The van der Waals surface area contributed by atoms with Crippen LogP contribution in [0.4, 0.5) is 11.4 Å². The lowest BCUT2D eigenvalue weighted by atomic mass is 10.1. The predicted octanol–water partition coefficient (Wildman–Crippen LogP) is 3.42. The van der Waals surface area contributed by atoms with E-state index < -0.39 is 0 Å². The molecule has 0 aliphatic carbocycles. The number of amides is 4. The molecular formula is C20H18BrN3O4. The van der Waals surface area contributed by atoms with Gasteiger partial charge in [-0.15, -0.1) is 0 Å². The number of fused-ring (bicyclic) bond motifs is 1. The summed E-state index contributed by atoms with van der Waals surface area (Å²) in [7, 11) is 0. The van der Waals surface area contributed by atoms with Crippen LogP contribution in [0.1, 0.15) is 40.5 Å². The van der Waals surface area contributed by atoms with Gasteiger partial charge in [0.2, 0.25) is 11.8 Å². The molecule has 144 valence electrons. The number of benzene rings is 2. The third-order valence-electron chi connectivity index (χ3n) is 4.23. The summed E-state index contributed by atoms with van der Waals surface area (Å²) >= 11 is 3.33. The molecule has 0 saturated heterocycles. The van der Waals surface area contributed by atoms with E-state index in [1.807, 2.05) is 0 Å². The van der Waals surface area contributed by atoms with Crippen molar-refractivity contribution >= 4 is 50.9 Å². The molecule has 0 saturated carbocycles. The van der Waals surface area contributed by atoms with E-state index in [-0.39, 0.29) is 36.6 Å². The zero-order valence-corrected chi connectivity index (χ0v) is 16.7. The van der Waals surface area contributed by atoms with Crippen LogP contribution < -0.4 is 10.6 Å². The number of nitrogens with zero attached hydrogens (tertiary/aromatic N) is 1. The second kappa shape index (κ2) is 8.35. The van der Waals surface area contributed by atoms with E-state index in [1.165, 1.54) is 11.8 Å². The topological polar surface area (TPSA) is 95.6 Å². The van der Waals surface area contributed by atoms with Gasteiger partial charge in [-0.3, -0.25) is 24.1 Å². The summed E-state index contributed by atoms with van der Waals surface area (Å²) in [6.07, 6.45) is 0.459. The van der Waals surface area contributed by atoms with E-state index >= 15 is 0 Å². The number of halogens is 1. The highest BCUT2D eigenvalue weighted by Gasteiger charge is 2.34. The summed E-state index contributed by atoms with van der Waals surface area (Å²) in [4.78, 5) is 49.4. The minimum absolute atomic E-state index is 0.124. The molecule has 1 aliphatic heterocycles. The van der Waals surface area contributed by atoms with Gasteiger partial charge in [0.25, 0.3) is 11.8 Å². The molecule has 0 spiro atoms. The Bertz CT molecular complexity index is 939. The van der Waals surface area contributed by atoms with Crippen molar-refractivity contribution in [1.29, 1.82) is 0 Å². The Labute approximate surface area is 170 Å². The lowest BCUT2D eigenvalue weighted by molar-refractivity contribution is -0.116. The summed E-state index contributed by atoms with van der Waals surface area (Å²) < 4.78 is 0.753. The maximum atomic E-state index is 12.3. The van der Waals surface area contributed by atoms with E-state index in [9.17, 15) is 19.2 Å². The number of hydrogen-bond acceptors (Lipinski definition) is 4. The van der Waals surface area contributed by atoms with Crippen molar-refractivity contribution in [3.05, 3.63) is 58.1 Å². The first-order chi connectivity index (χ1) is 13.4. The van der Waals surface area contributed by atoms with Gasteiger partial charge in [-0.2, -0.15) is 0 Å². The Morgan fingerprint density at radius 3 is 2.21 bits per heavy atom. The molecule has 7 nitrogen and oxygen atoms in total. The zero-order chi connectivity index (χ0) is 20.3. The van der Waals surface area contributed by atoms with Crippen molar-refractivity contribution in [2.24, 2.45) is 0 Å². The molecule has 28 heavy (non-hydrogen) atoms. The average molecular weight is 444 g/mol. The zero-order valence-electron chi connectivity index (χ0n) is 15.1. The molecule has 0 fully saturated rings. The predicted molar refractivity (Wildman–Crippen MR) is 108 cm³/mol. The van der Waals surface area contributed by atoms with Crippen molar-refractivity contribution < 1.29 is 19.2 Å². The van der Waals surface area contributed by atoms with E-state index in [0.717, 1.165) is 4.47 Å². The molecule has 1 heterocycles. The summed E-state index contributed by atoms with van der Waals surface area (Å²) in [6, 6.07) is 11.8. The Balaban J connectivity index is 1.58. The maximum Gasteiger partial charge on any atom is 0.261 e. The second-order valence-electron chi connectivity index (χ2n) is 6.33. The monoisotopic (exact) mass is 443 g/mol.